The Hall–Kier alpha value is -0.540. The lowest BCUT2D eigenvalue weighted by Gasteiger charge is -2.24. The standard InChI is InChI=1S/C10H3Br2ClF8O4S/c11-7(14,15)9(18,19)24-4-1-5(3-6(2-4)26(13,22)23)25-10(20,21)8(12,16)17/h1-3H. The minimum Gasteiger partial charge on any atom is -0.427 e. The summed E-state index contributed by atoms with van der Waals surface area (Å²) in [6.07, 6.45) is -10.6. The van der Waals surface area contributed by atoms with Crippen molar-refractivity contribution in [3.05, 3.63) is 18.2 Å². The number of halogens is 11. The highest BCUT2D eigenvalue weighted by Crippen LogP contribution is 2.44. The van der Waals surface area contributed by atoms with Gasteiger partial charge < -0.3 is 9.47 Å². The zero-order valence-electron chi connectivity index (χ0n) is 11.4. The van der Waals surface area contributed by atoms with Gasteiger partial charge in [0.15, 0.2) is 0 Å². The summed E-state index contributed by atoms with van der Waals surface area (Å²) >= 11 is 2.60. The number of rotatable bonds is 7. The van der Waals surface area contributed by atoms with Crippen LogP contribution in [0, 0.1) is 0 Å². The highest BCUT2D eigenvalue weighted by atomic mass is 79.9. The third-order valence-electron chi connectivity index (χ3n) is 2.29. The zero-order valence-corrected chi connectivity index (χ0v) is 16.2. The van der Waals surface area contributed by atoms with Crippen molar-refractivity contribution in [1.29, 1.82) is 0 Å². The van der Waals surface area contributed by atoms with E-state index in [2.05, 4.69) is 9.47 Å². The quantitative estimate of drug-likeness (QED) is 0.248. The lowest BCUT2D eigenvalue weighted by molar-refractivity contribution is -0.268. The molecule has 0 atom stereocenters. The second kappa shape index (κ2) is 7.13. The molecule has 0 aromatic heterocycles. The van der Waals surface area contributed by atoms with Crippen molar-refractivity contribution in [3.8, 4) is 11.5 Å². The predicted molar refractivity (Wildman–Crippen MR) is 78.4 cm³/mol. The molecule has 26 heavy (non-hydrogen) atoms. The maximum atomic E-state index is 13.2. The van der Waals surface area contributed by atoms with Crippen molar-refractivity contribution in [3.63, 3.8) is 0 Å². The Bertz CT molecular complexity index is 732. The van der Waals surface area contributed by atoms with E-state index < -0.39 is 47.3 Å². The maximum absolute atomic E-state index is 13.2. The van der Waals surface area contributed by atoms with Gasteiger partial charge in [-0.15, -0.1) is 0 Å². The molecule has 0 aliphatic carbocycles. The van der Waals surface area contributed by atoms with Crippen molar-refractivity contribution in [2.75, 3.05) is 0 Å². The summed E-state index contributed by atoms with van der Waals surface area (Å²) < 4.78 is 133. The first-order chi connectivity index (χ1) is 11.3. The Labute approximate surface area is 161 Å². The zero-order chi connectivity index (χ0) is 20.8. The van der Waals surface area contributed by atoms with Crippen LogP contribution in [0.5, 0.6) is 11.5 Å². The SMILES string of the molecule is O=S(=O)(Cl)c1cc(OC(F)(F)C(F)(F)Br)cc(OC(F)(F)C(F)(F)Br)c1. The molecule has 0 bridgehead atoms. The minimum atomic E-state index is -5.29. The lowest BCUT2D eigenvalue weighted by Crippen LogP contribution is -2.41. The van der Waals surface area contributed by atoms with E-state index in [4.69, 9.17) is 10.7 Å². The van der Waals surface area contributed by atoms with Gasteiger partial charge in [0.2, 0.25) is 0 Å². The molecule has 0 heterocycles. The minimum absolute atomic E-state index is 0.0465. The van der Waals surface area contributed by atoms with Crippen molar-refractivity contribution in [2.24, 2.45) is 0 Å². The second-order valence-corrected chi connectivity index (χ2v) is 8.87. The van der Waals surface area contributed by atoms with Gasteiger partial charge in [0.25, 0.3) is 9.05 Å². The van der Waals surface area contributed by atoms with Crippen LogP contribution >= 0.6 is 42.5 Å². The number of ether oxygens (including phenoxy) is 2. The predicted octanol–water partition coefficient (Wildman–Crippen LogP) is 5.53. The summed E-state index contributed by atoms with van der Waals surface area (Å²) in [6.45, 7) is 0. The van der Waals surface area contributed by atoms with E-state index in [9.17, 15) is 43.5 Å². The third kappa shape index (κ3) is 5.73. The second-order valence-electron chi connectivity index (χ2n) is 4.31. The van der Waals surface area contributed by atoms with E-state index in [1.165, 1.54) is 31.9 Å². The fourth-order valence-corrected chi connectivity index (χ4v) is 2.16. The molecule has 150 valence electrons. The van der Waals surface area contributed by atoms with Crippen molar-refractivity contribution >= 4 is 51.6 Å². The van der Waals surface area contributed by atoms with E-state index >= 15 is 0 Å². The van der Waals surface area contributed by atoms with E-state index in [0.29, 0.717) is 0 Å². The van der Waals surface area contributed by atoms with Crippen LogP contribution in [0.3, 0.4) is 0 Å². The van der Waals surface area contributed by atoms with Gasteiger partial charge in [0.1, 0.15) is 11.5 Å². The van der Waals surface area contributed by atoms with Gasteiger partial charge in [-0.25, -0.2) is 8.42 Å². The average Bonchev–Trinajstić information content (AvgIpc) is 2.33. The molecule has 0 aliphatic rings. The van der Waals surface area contributed by atoms with Gasteiger partial charge in [-0.3, -0.25) is 0 Å². The maximum Gasteiger partial charge on any atom is 0.475 e. The molecule has 0 spiro atoms. The number of hydrogen-bond donors (Lipinski definition) is 0. The van der Waals surface area contributed by atoms with Crippen LogP contribution in [-0.4, -0.2) is 30.3 Å². The highest BCUT2D eigenvalue weighted by Gasteiger charge is 2.59. The van der Waals surface area contributed by atoms with Crippen LogP contribution in [0.25, 0.3) is 0 Å². The summed E-state index contributed by atoms with van der Waals surface area (Å²) in [4.78, 5) is -11.1. The van der Waals surface area contributed by atoms with Crippen molar-refractivity contribution in [2.45, 2.75) is 26.8 Å². The summed E-state index contributed by atoms with van der Waals surface area (Å²) in [5.74, 6) is -2.89. The van der Waals surface area contributed by atoms with E-state index in [1.54, 1.807) is 0 Å². The van der Waals surface area contributed by atoms with E-state index in [0.717, 1.165) is 0 Å². The fraction of sp³-hybridized carbons (Fsp3) is 0.400. The van der Waals surface area contributed by atoms with Crippen LogP contribution < -0.4 is 9.47 Å². The molecule has 0 unspecified atom stereocenters. The van der Waals surface area contributed by atoms with Gasteiger partial charge in [-0.1, -0.05) is 0 Å². The Balaban J connectivity index is 3.42. The molecule has 0 radical (unpaired) electrons. The van der Waals surface area contributed by atoms with Crippen molar-refractivity contribution in [1.82, 2.24) is 0 Å². The van der Waals surface area contributed by atoms with Crippen LogP contribution in [0.4, 0.5) is 35.1 Å². The Morgan fingerprint density at radius 2 is 1.08 bits per heavy atom. The van der Waals surface area contributed by atoms with E-state index in [1.807, 2.05) is 0 Å². The number of benzene rings is 1. The van der Waals surface area contributed by atoms with Gasteiger partial charge >= 0.3 is 21.9 Å². The topological polar surface area (TPSA) is 52.6 Å². The molecule has 1 aromatic rings. The van der Waals surface area contributed by atoms with Crippen LogP contribution in [0.1, 0.15) is 0 Å². The average molecular weight is 566 g/mol. The molecule has 0 saturated heterocycles. The van der Waals surface area contributed by atoms with Gasteiger partial charge in [-0.05, 0) is 0 Å². The fourth-order valence-electron chi connectivity index (χ4n) is 1.22. The first kappa shape index (κ1) is 23.5. The van der Waals surface area contributed by atoms with Crippen LogP contribution in [0.15, 0.2) is 23.1 Å². The molecule has 0 amide bonds. The molecular weight excluding hydrogens is 563 g/mol. The Kier molecular flexibility index (Phi) is 6.44. The van der Waals surface area contributed by atoms with Crippen LogP contribution in [0.2, 0.25) is 0 Å². The molecule has 0 saturated carbocycles. The molecule has 1 aromatic carbocycles. The van der Waals surface area contributed by atoms with Gasteiger partial charge in [0.05, 0.1) is 4.90 Å². The summed E-state index contributed by atoms with van der Waals surface area (Å²) in [7, 11) is 0.0901. The molecule has 0 N–H and O–H groups in total. The number of hydrogen-bond acceptors (Lipinski definition) is 4. The first-order valence-corrected chi connectivity index (χ1v) is 9.53. The largest absolute Gasteiger partial charge is 0.475 e. The highest BCUT2D eigenvalue weighted by molar-refractivity contribution is 9.10. The van der Waals surface area contributed by atoms with Crippen LogP contribution in [-0.2, 0) is 9.05 Å². The summed E-state index contributed by atoms with van der Waals surface area (Å²) in [6, 6.07) is 0.364. The van der Waals surface area contributed by atoms with Crippen molar-refractivity contribution < 1.29 is 53.0 Å². The first-order valence-electron chi connectivity index (χ1n) is 5.63. The molecule has 1 rings (SSSR count). The monoisotopic (exact) mass is 564 g/mol. The third-order valence-corrected chi connectivity index (χ3v) is 4.54. The number of alkyl halides is 10. The summed E-state index contributed by atoms with van der Waals surface area (Å²) in [5.41, 5.74) is 0. The van der Waals surface area contributed by atoms with E-state index in [-0.39, 0.29) is 18.2 Å². The lowest BCUT2D eigenvalue weighted by atomic mass is 10.3. The molecular formula is C10H3Br2ClF8O4S. The smallest absolute Gasteiger partial charge is 0.427 e. The molecule has 16 heteroatoms. The summed E-state index contributed by atoms with van der Waals surface area (Å²) in [5, 5.41) is 0. The Morgan fingerprint density at radius 3 is 1.31 bits per heavy atom. The normalized spacial score (nSPS) is 14.3. The van der Waals surface area contributed by atoms with Gasteiger partial charge in [0, 0.05) is 60.7 Å². The molecule has 0 aliphatic heterocycles. The Morgan fingerprint density at radius 1 is 0.769 bits per heavy atom. The molecule has 4 nitrogen and oxygen atoms in total. The van der Waals surface area contributed by atoms with Gasteiger partial charge in [-0.2, -0.15) is 35.1 Å². The molecule has 0 fully saturated rings.